The molecule has 100 valence electrons. The van der Waals surface area contributed by atoms with E-state index in [1.807, 2.05) is 6.07 Å². The van der Waals surface area contributed by atoms with E-state index in [0.717, 1.165) is 17.7 Å². The number of carbonyl (C=O) groups excluding carboxylic acids is 1. The fourth-order valence-corrected chi connectivity index (χ4v) is 3.45. The fourth-order valence-electron chi connectivity index (χ4n) is 2.28. The third kappa shape index (κ3) is 3.56. The summed E-state index contributed by atoms with van der Waals surface area (Å²) >= 11 is 1.62. The van der Waals surface area contributed by atoms with Crippen LogP contribution in [0.3, 0.4) is 0 Å². The first-order chi connectivity index (χ1) is 8.66. The Morgan fingerprint density at radius 1 is 1.39 bits per heavy atom. The number of hydrogen-bond donors (Lipinski definition) is 2. The molecule has 1 atom stereocenters. The Morgan fingerprint density at radius 2 is 2.11 bits per heavy atom. The molecule has 1 aliphatic carbocycles. The van der Waals surface area contributed by atoms with Gasteiger partial charge in [-0.2, -0.15) is 0 Å². The van der Waals surface area contributed by atoms with Gasteiger partial charge in [0.1, 0.15) is 0 Å². The average Bonchev–Trinajstić information content (AvgIpc) is 2.68. The molecule has 3 nitrogen and oxygen atoms in total. The Bertz CT molecular complexity index is 386. The molecule has 0 aliphatic heterocycles. The summed E-state index contributed by atoms with van der Waals surface area (Å²) in [5, 5.41) is 11.9. The molecule has 1 heterocycles. The lowest BCUT2D eigenvalue weighted by Crippen LogP contribution is -2.29. The number of amides is 1. The first-order valence-corrected chi connectivity index (χ1v) is 7.56. The molecule has 0 bridgehead atoms. The summed E-state index contributed by atoms with van der Waals surface area (Å²) in [5.74, 6) is -0.0485. The lowest BCUT2D eigenvalue weighted by Gasteiger charge is -2.07. The van der Waals surface area contributed by atoms with Crippen LogP contribution in [-0.2, 0) is 12.8 Å². The summed E-state index contributed by atoms with van der Waals surface area (Å²) in [6.45, 7) is 2.00. The van der Waals surface area contributed by atoms with Crippen molar-refractivity contribution in [2.24, 2.45) is 0 Å². The van der Waals surface area contributed by atoms with Gasteiger partial charge < -0.3 is 10.4 Å². The SMILES string of the molecule is C[C@H](O)CNC(=O)c1cc2c(s1)CCCCCC2. The predicted octanol–water partition coefficient (Wildman–Crippen LogP) is 2.52. The minimum absolute atomic E-state index is 0.0485. The molecule has 0 unspecified atom stereocenters. The highest BCUT2D eigenvalue weighted by molar-refractivity contribution is 7.14. The van der Waals surface area contributed by atoms with Crippen LogP contribution in [0.1, 0.15) is 52.7 Å². The van der Waals surface area contributed by atoms with Gasteiger partial charge in [0.2, 0.25) is 0 Å². The smallest absolute Gasteiger partial charge is 0.261 e. The molecule has 4 heteroatoms. The van der Waals surface area contributed by atoms with Gasteiger partial charge in [0.05, 0.1) is 11.0 Å². The molecule has 0 spiro atoms. The number of aliphatic hydroxyl groups is 1. The van der Waals surface area contributed by atoms with Crippen LogP contribution in [0.5, 0.6) is 0 Å². The monoisotopic (exact) mass is 267 g/mol. The molecule has 0 saturated heterocycles. The van der Waals surface area contributed by atoms with Crippen LogP contribution in [0.4, 0.5) is 0 Å². The van der Waals surface area contributed by atoms with Gasteiger partial charge in [-0.1, -0.05) is 12.8 Å². The standard InChI is InChI=1S/C14H21NO2S/c1-10(16)9-15-14(17)13-8-11-6-4-2-3-5-7-12(11)18-13/h8,10,16H,2-7,9H2,1H3,(H,15,17)/t10-/m0/s1. The maximum absolute atomic E-state index is 11.9. The molecule has 0 aromatic carbocycles. The second-order valence-electron chi connectivity index (χ2n) is 5.03. The zero-order chi connectivity index (χ0) is 13.0. The van der Waals surface area contributed by atoms with Crippen LogP contribution >= 0.6 is 11.3 Å². The van der Waals surface area contributed by atoms with Crippen molar-refractivity contribution in [1.29, 1.82) is 0 Å². The highest BCUT2D eigenvalue weighted by Gasteiger charge is 2.15. The number of aliphatic hydroxyl groups excluding tert-OH is 1. The molecule has 0 radical (unpaired) electrons. The van der Waals surface area contributed by atoms with E-state index in [1.165, 1.54) is 36.1 Å². The van der Waals surface area contributed by atoms with E-state index in [9.17, 15) is 9.90 Å². The minimum Gasteiger partial charge on any atom is -0.392 e. The highest BCUT2D eigenvalue weighted by atomic mass is 32.1. The van der Waals surface area contributed by atoms with Gasteiger partial charge in [0.15, 0.2) is 0 Å². The zero-order valence-corrected chi connectivity index (χ0v) is 11.7. The number of rotatable bonds is 3. The Balaban J connectivity index is 2.05. The molecule has 1 amide bonds. The second kappa shape index (κ2) is 6.34. The first kappa shape index (κ1) is 13.6. The second-order valence-corrected chi connectivity index (χ2v) is 6.17. The number of nitrogens with one attached hydrogen (secondary N) is 1. The van der Waals surface area contributed by atoms with Gasteiger partial charge >= 0.3 is 0 Å². The summed E-state index contributed by atoms with van der Waals surface area (Å²) in [6, 6.07) is 2.04. The largest absolute Gasteiger partial charge is 0.392 e. The highest BCUT2D eigenvalue weighted by Crippen LogP contribution is 2.28. The van der Waals surface area contributed by atoms with Crippen molar-refractivity contribution in [3.8, 4) is 0 Å². The first-order valence-electron chi connectivity index (χ1n) is 6.74. The van der Waals surface area contributed by atoms with E-state index in [2.05, 4.69) is 5.32 Å². The maximum atomic E-state index is 11.9. The number of fused-ring (bicyclic) bond motifs is 1. The van der Waals surface area contributed by atoms with E-state index in [0.29, 0.717) is 6.54 Å². The summed E-state index contributed by atoms with van der Waals surface area (Å²) < 4.78 is 0. The third-order valence-corrected chi connectivity index (χ3v) is 4.51. The Labute approximate surface area is 112 Å². The van der Waals surface area contributed by atoms with E-state index in [4.69, 9.17) is 0 Å². The zero-order valence-electron chi connectivity index (χ0n) is 10.9. The average molecular weight is 267 g/mol. The Kier molecular flexibility index (Phi) is 4.78. The topological polar surface area (TPSA) is 49.3 Å². The Morgan fingerprint density at radius 3 is 2.83 bits per heavy atom. The van der Waals surface area contributed by atoms with Crippen molar-refractivity contribution in [1.82, 2.24) is 5.32 Å². The van der Waals surface area contributed by atoms with E-state index in [1.54, 1.807) is 18.3 Å². The normalized spacial score (nSPS) is 17.4. The van der Waals surface area contributed by atoms with E-state index < -0.39 is 6.10 Å². The Hall–Kier alpha value is -0.870. The van der Waals surface area contributed by atoms with Crippen molar-refractivity contribution in [3.63, 3.8) is 0 Å². The molecular weight excluding hydrogens is 246 g/mol. The molecule has 1 aromatic rings. The number of carbonyl (C=O) groups is 1. The van der Waals surface area contributed by atoms with Crippen molar-refractivity contribution >= 4 is 17.2 Å². The molecule has 0 fully saturated rings. The quantitative estimate of drug-likeness (QED) is 0.884. The number of thiophene rings is 1. The van der Waals surface area contributed by atoms with E-state index >= 15 is 0 Å². The van der Waals surface area contributed by atoms with Crippen molar-refractivity contribution in [3.05, 3.63) is 21.4 Å². The molecular formula is C14H21NO2S. The lowest BCUT2D eigenvalue weighted by atomic mass is 10.00. The third-order valence-electron chi connectivity index (χ3n) is 3.28. The van der Waals surface area contributed by atoms with Crippen LogP contribution < -0.4 is 5.32 Å². The lowest BCUT2D eigenvalue weighted by molar-refractivity contribution is 0.0928. The van der Waals surface area contributed by atoms with E-state index in [-0.39, 0.29) is 5.91 Å². The van der Waals surface area contributed by atoms with Crippen molar-refractivity contribution < 1.29 is 9.90 Å². The molecule has 18 heavy (non-hydrogen) atoms. The summed E-state index contributed by atoms with van der Waals surface area (Å²) in [4.78, 5) is 14.1. The maximum Gasteiger partial charge on any atom is 0.261 e. The molecule has 2 rings (SSSR count). The van der Waals surface area contributed by atoms with Crippen LogP contribution in [-0.4, -0.2) is 23.7 Å². The summed E-state index contributed by atoms with van der Waals surface area (Å²) in [7, 11) is 0. The molecule has 2 N–H and O–H groups in total. The van der Waals surface area contributed by atoms with Gasteiger partial charge in [0.25, 0.3) is 5.91 Å². The van der Waals surface area contributed by atoms with Crippen molar-refractivity contribution in [2.45, 2.75) is 51.6 Å². The number of aryl methyl sites for hydroxylation is 2. The molecule has 1 aromatic heterocycles. The van der Waals surface area contributed by atoms with Crippen LogP contribution in [0, 0.1) is 0 Å². The predicted molar refractivity (Wildman–Crippen MR) is 74.2 cm³/mol. The van der Waals surface area contributed by atoms with Crippen LogP contribution in [0.15, 0.2) is 6.07 Å². The summed E-state index contributed by atoms with van der Waals surface area (Å²) in [5.41, 5.74) is 1.36. The summed E-state index contributed by atoms with van der Waals surface area (Å²) in [6.07, 6.45) is 6.81. The minimum atomic E-state index is -0.491. The van der Waals surface area contributed by atoms with Crippen LogP contribution in [0.25, 0.3) is 0 Å². The van der Waals surface area contributed by atoms with Crippen molar-refractivity contribution in [2.75, 3.05) is 6.54 Å². The van der Waals surface area contributed by atoms with Gasteiger partial charge in [0, 0.05) is 11.4 Å². The fraction of sp³-hybridized carbons (Fsp3) is 0.643. The van der Waals surface area contributed by atoms with Crippen LogP contribution in [0.2, 0.25) is 0 Å². The molecule has 1 aliphatic rings. The van der Waals surface area contributed by atoms with Gasteiger partial charge in [-0.25, -0.2) is 0 Å². The van der Waals surface area contributed by atoms with Gasteiger partial charge in [-0.3, -0.25) is 4.79 Å². The molecule has 0 saturated carbocycles. The van der Waals surface area contributed by atoms with Gasteiger partial charge in [-0.05, 0) is 44.2 Å². The van der Waals surface area contributed by atoms with Gasteiger partial charge in [-0.15, -0.1) is 11.3 Å². The number of hydrogen-bond acceptors (Lipinski definition) is 3.